The van der Waals surface area contributed by atoms with Crippen LogP contribution >= 0.6 is 11.6 Å². The minimum absolute atomic E-state index is 0.0533. The number of ether oxygens (including phenoxy) is 2. The normalized spacial score (nSPS) is 22.9. The highest BCUT2D eigenvalue weighted by atomic mass is 35.5. The summed E-state index contributed by atoms with van der Waals surface area (Å²) in [5.74, 6) is -0.434. The molecule has 3 rings (SSSR count). The summed E-state index contributed by atoms with van der Waals surface area (Å²) in [6.07, 6.45) is 4.15. The molecule has 1 saturated carbocycles. The zero-order chi connectivity index (χ0) is 17.3. The van der Waals surface area contributed by atoms with Gasteiger partial charge < -0.3 is 14.0 Å². The van der Waals surface area contributed by atoms with E-state index in [0.29, 0.717) is 11.8 Å². The molecule has 0 aromatic carbocycles. The molecule has 1 aliphatic rings. The first kappa shape index (κ1) is 16.7. The summed E-state index contributed by atoms with van der Waals surface area (Å²) in [5, 5.41) is 1.19. The monoisotopic (exact) mass is 351 g/mol. The maximum Gasteiger partial charge on any atom is 0.302 e. The van der Waals surface area contributed by atoms with E-state index in [4.69, 9.17) is 21.1 Å². The van der Waals surface area contributed by atoms with Crippen LogP contribution in [0.15, 0.2) is 18.6 Å². The second kappa shape index (κ2) is 6.76. The molecule has 0 bridgehead atoms. The topological polar surface area (TPSA) is 83.3 Å². The van der Waals surface area contributed by atoms with Crippen molar-refractivity contribution in [3.63, 3.8) is 0 Å². The molecule has 3 atom stereocenters. The molecule has 1 aliphatic carbocycles. The fourth-order valence-corrected chi connectivity index (χ4v) is 3.37. The summed E-state index contributed by atoms with van der Waals surface area (Å²) >= 11 is 6.10. The van der Waals surface area contributed by atoms with Crippen LogP contribution in [0.3, 0.4) is 0 Å². The Labute approximate surface area is 143 Å². The number of esters is 2. The van der Waals surface area contributed by atoms with Crippen molar-refractivity contribution in [1.82, 2.24) is 14.5 Å². The SMILES string of the molecule is CC(=O)OCC1CC(n2ccc3c(Cl)ncnc32)C1COC(C)=O. The van der Waals surface area contributed by atoms with Crippen molar-refractivity contribution in [3.05, 3.63) is 23.7 Å². The van der Waals surface area contributed by atoms with Gasteiger partial charge in [0.25, 0.3) is 0 Å². The minimum atomic E-state index is -0.324. The maximum atomic E-state index is 11.2. The number of carbonyl (C=O) groups is 2. The number of halogens is 1. The van der Waals surface area contributed by atoms with E-state index in [9.17, 15) is 9.59 Å². The van der Waals surface area contributed by atoms with Crippen molar-refractivity contribution in [2.24, 2.45) is 11.8 Å². The van der Waals surface area contributed by atoms with Gasteiger partial charge >= 0.3 is 11.9 Å². The third-order valence-corrected chi connectivity index (χ3v) is 4.74. The van der Waals surface area contributed by atoms with Crippen LogP contribution in [-0.2, 0) is 19.1 Å². The van der Waals surface area contributed by atoms with Crippen LogP contribution in [0.4, 0.5) is 0 Å². The van der Waals surface area contributed by atoms with Gasteiger partial charge in [-0.1, -0.05) is 11.6 Å². The van der Waals surface area contributed by atoms with Crippen molar-refractivity contribution < 1.29 is 19.1 Å². The van der Waals surface area contributed by atoms with Gasteiger partial charge in [0.15, 0.2) is 0 Å². The predicted molar refractivity (Wildman–Crippen MR) is 86.4 cm³/mol. The molecule has 7 nitrogen and oxygen atoms in total. The van der Waals surface area contributed by atoms with Gasteiger partial charge in [0.1, 0.15) is 17.1 Å². The van der Waals surface area contributed by atoms with E-state index in [1.54, 1.807) is 0 Å². The Bertz CT molecular complexity index is 776. The maximum absolute atomic E-state index is 11.2. The Balaban J connectivity index is 1.81. The lowest BCUT2D eigenvalue weighted by Gasteiger charge is -2.44. The molecule has 128 valence electrons. The quantitative estimate of drug-likeness (QED) is 0.607. The Morgan fingerprint density at radius 1 is 1.25 bits per heavy atom. The molecule has 3 unspecified atom stereocenters. The van der Waals surface area contributed by atoms with Gasteiger partial charge in [-0.05, 0) is 12.5 Å². The Morgan fingerprint density at radius 2 is 1.96 bits per heavy atom. The second-order valence-corrected chi connectivity index (χ2v) is 6.31. The Hall–Kier alpha value is -2.15. The average molecular weight is 352 g/mol. The van der Waals surface area contributed by atoms with Crippen molar-refractivity contribution >= 4 is 34.6 Å². The lowest BCUT2D eigenvalue weighted by molar-refractivity contribution is -0.152. The summed E-state index contributed by atoms with van der Waals surface area (Å²) in [4.78, 5) is 30.5. The van der Waals surface area contributed by atoms with E-state index in [1.165, 1.54) is 20.2 Å². The molecule has 2 aromatic rings. The van der Waals surface area contributed by atoms with Gasteiger partial charge in [-0.15, -0.1) is 0 Å². The molecule has 8 heteroatoms. The molecule has 2 heterocycles. The van der Waals surface area contributed by atoms with Crippen molar-refractivity contribution in [3.8, 4) is 0 Å². The van der Waals surface area contributed by atoms with E-state index in [2.05, 4.69) is 9.97 Å². The largest absolute Gasteiger partial charge is 0.466 e. The summed E-state index contributed by atoms with van der Waals surface area (Å²) in [6.45, 7) is 3.37. The second-order valence-electron chi connectivity index (χ2n) is 5.96. The van der Waals surface area contributed by atoms with E-state index >= 15 is 0 Å². The number of carbonyl (C=O) groups excluding carboxylic acids is 2. The predicted octanol–water partition coefficient (Wildman–Crippen LogP) is 2.39. The van der Waals surface area contributed by atoms with Crippen LogP contribution in [0.5, 0.6) is 0 Å². The van der Waals surface area contributed by atoms with Crippen LogP contribution in [-0.4, -0.2) is 39.7 Å². The number of fused-ring (bicyclic) bond motifs is 1. The third kappa shape index (κ3) is 3.21. The lowest BCUT2D eigenvalue weighted by atomic mass is 9.69. The molecule has 0 radical (unpaired) electrons. The van der Waals surface area contributed by atoms with Gasteiger partial charge in [-0.2, -0.15) is 0 Å². The molecule has 24 heavy (non-hydrogen) atoms. The summed E-state index contributed by atoms with van der Waals surface area (Å²) in [6, 6.07) is 1.98. The summed E-state index contributed by atoms with van der Waals surface area (Å²) in [7, 11) is 0. The fraction of sp³-hybridized carbons (Fsp3) is 0.500. The standard InChI is InChI=1S/C16H18ClN3O4/c1-9(21)23-6-11-5-14(13(11)7-24-10(2)22)20-4-3-12-15(17)18-8-19-16(12)20/h3-4,8,11,13-14H,5-7H2,1-2H3. The van der Waals surface area contributed by atoms with Crippen molar-refractivity contribution in [2.75, 3.05) is 13.2 Å². The first-order chi connectivity index (χ1) is 11.5. The fourth-order valence-electron chi connectivity index (χ4n) is 3.18. The van der Waals surface area contributed by atoms with Crippen molar-refractivity contribution in [1.29, 1.82) is 0 Å². The number of rotatable bonds is 5. The highest BCUT2D eigenvalue weighted by Crippen LogP contribution is 2.46. The van der Waals surface area contributed by atoms with Crippen molar-refractivity contribution in [2.45, 2.75) is 26.3 Å². The van der Waals surface area contributed by atoms with Gasteiger partial charge in [0.2, 0.25) is 0 Å². The summed E-state index contributed by atoms with van der Waals surface area (Å²) < 4.78 is 12.3. The molecule has 0 spiro atoms. The number of hydrogen-bond acceptors (Lipinski definition) is 6. The lowest BCUT2D eigenvalue weighted by Crippen LogP contribution is -2.44. The molecule has 0 N–H and O–H groups in total. The Kier molecular flexibility index (Phi) is 4.71. The van der Waals surface area contributed by atoms with Crippen LogP contribution in [0.1, 0.15) is 26.3 Å². The van der Waals surface area contributed by atoms with Crippen LogP contribution in [0.2, 0.25) is 5.15 Å². The average Bonchev–Trinajstić information content (AvgIpc) is 2.91. The highest BCUT2D eigenvalue weighted by molar-refractivity contribution is 6.33. The van der Waals surface area contributed by atoms with Crippen LogP contribution < -0.4 is 0 Å². The summed E-state index contributed by atoms with van der Waals surface area (Å²) in [5.41, 5.74) is 0.749. The van der Waals surface area contributed by atoms with E-state index < -0.39 is 0 Å². The van der Waals surface area contributed by atoms with E-state index in [1.807, 2.05) is 16.8 Å². The first-order valence-electron chi connectivity index (χ1n) is 7.71. The number of aromatic nitrogens is 3. The molecule has 0 aliphatic heterocycles. The van der Waals surface area contributed by atoms with E-state index in [-0.39, 0.29) is 36.4 Å². The first-order valence-corrected chi connectivity index (χ1v) is 8.09. The van der Waals surface area contributed by atoms with Gasteiger partial charge in [-0.25, -0.2) is 9.97 Å². The smallest absolute Gasteiger partial charge is 0.302 e. The highest BCUT2D eigenvalue weighted by Gasteiger charge is 2.43. The zero-order valence-corrected chi connectivity index (χ0v) is 14.2. The minimum Gasteiger partial charge on any atom is -0.466 e. The molecular formula is C16H18ClN3O4. The molecule has 0 saturated heterocycles. The Morgan fingerprint density at radius 3 is 2.67 bits per heavy atom. The van der Waals surface area contributed by atoms with Crippen LogP contribution in [0.25, 0.3) is 11.0 Å². The molecular weight excluding hydrogens is 334 g/mol. The van der Waals surface area contributed by atoms with Gasteiger partial charge in [-0.3, -0.25) is 9.59 Å². The zero-order valence-electron chi connectivity index (χ0n) is 13.4. The van der Waals surface area contributed by atoms with Crippen LogP contribution in [0, 0.1) is 11.8 Å². The molecule has 1 fully saturated rings. The van der Waals surface area contributed by atoms with Gasteiger partial charge in [0, 0.05) is 37.9 Å². The number of hydrogen-bond donors (Lipinski definition) is 0. The third-order valence-electron chi connectivity index (χ3n) is 4.44. The molecule has 0 amide bonds. The number of nitrogens with zero attached hydrogens (tertiary/aromatic N) is 3. The van der Waals surface area contributed by atoms with E-state index in [0.717, 1.165) is 17.5 Å². The van der Waals surface area contributed by atoms with Gasteiger partial charge in [0.05, 0.1) is 18.6 Å². The molecule has 2 aromatic heterocycles.